The number of hydrogen-bond donors (Lipinski definition) is 1. The van der Waals surface area contributed by atoms with Gasteiger partial charge < -0.3 is 20.1 Å². The number of carbonyl (C=O) groups is 1. The lowest BCUT2D eigenvalue weighted by Crippen LogP contribution is -2.59. The second-order valence-electron chi connectivity index (χ2n) is 10.1. The van der Waals surface area contributed by atoms with Crippen LogP contribution in [0, 0.1) is 0 Å². The minimum Gasteiger partial charge on any atom is -0.383 e. The minimum atomic E-state index is 0.0722. The number of nitrogens with zero attached hydrogens (tertiary/aromatic N) is 6. The van der Waals surface area contributed by atoms with E-state index >= 15 is 0 Å². The smallest absolute Gasteiger partial charge is 0.237 e. The van der Waals surface area contributed by atoms with Gasteiger partial charge in [-0.2, -0.15) is 0 Å². The highest BCUT2D eigenvalue weighted by Gasteiger charge is 2.34. The molecule has 1 atom stereocenters. The van der Waals surface area contributed by atoms with Crippen LogP contribution in [-0.2, 0) is 17.9 Å². The van der Waals surface area contributed by atoms with Crippen LogP contribution in [0.3, 0.4) is 0 Å². The van der Waals surface area contributed by atoms with Crippen LogP contribution in [0.1, 0.15) is 30.5 Å². The van der Waals surface area contributed by atoms with E-state index < -0.39 is 0 Å². The van der Waals surface area contributed by atoms with Crippen molar-refractivity contribution in [2.75, 3.05) is 38.5 Å². The van der Waals surface area contributed by atoms with Gasteiger partial charge in [0.2, 0.25) is 5.91 Å². The third-order valence-electron chi connectivity index (χ3n) is 7.35. The first-order chi connectivity index (χ1) is 18.5. The Balaban J connectivity index is 1.20. The zero-order chi connectivity index (χ0) is 26.1. The van der Waals surface area contributed by atoms with Crippen LogP contribution in [0.25, 0.3) is 21.5 Å². The second-order valence-corrected chi connectivity index (χ2v) is 11.8. The topological polar surface area (TPSA) is 105 Å². The molecule has 1 unspecified atom stereocenters. The summed E-state index contributed by atoms with van der Waals surface area (Å²) in [6, 6.07) is 11.8. The van der Waals surface area contributed by atoms with Crippen LogP contribution in [0.2, 0.25) is 4.34 Å². The average molecular weight is 552 g/mol. The van der Waals surface area contributed by atoms with Gasteiger partial charge in [-0.15, -0.1) is 11.3 Å². The van der Waals surface area contributed by atoms with Gasteiger partial charge >= 0.3 is 0 Å². The number of carbonyl (C=O) groups excluding carboxylic acids is 1. The number of anilines is 1. The minimum absolute atomic E-state index is 0.0722. The van der Waals surface area contributed by atoms with Gasteiger partial charge in [0.25, 0.3) is 0 Å². The first-order valence-corrected chi connectivity index (χ1v) is 14.2. The average Bonchev–Trinajstić information content (AvgIpc) is 3.56. The van der Waals surface area contributed by atoms with Gasteiger partial charge in [0.1, 0.15) is 12.1 Å². The Bertz CT molecular complexity index is 1430. The molecule has 38 heavy (non-hydrogen) atoms. The fourth-order valence-electron chi connectivity index (χ4n) is 5.48. The molecular formula is C27H30ClN7O2S. The maximum Gasteiger partial charge on any atom is 0.237 e. The Morgan fingerprint density at radius 1 is 1.05 bits per heavy atom. The van der Waals surface area contributed by atoms with Gasteiger partial charge in [0, 0.05) is 37.6 Å². The zero-order valence-electron chi connectivity index (χ0n) is 21.1. The largest absolute Gasteiger partial charge is 0.383 e. The first-order valence-electron chi connectivity index (χ1n) is 13.0. The maximum absolute atomic E-state index is 13.6. The van der Waals surface area contributed by atoms with Crippen molar-refractivity contribution in [3.63, 3.8) is 0 Å². The highest BCUT2D eigenvalue weighted by atomic mass is 35.5. The Kier molecular flexibility index (Phi) is 7.29. The molecule has 2 saturated heterocycles. The molecule has 2 N–H and O–H groups in total. The number of piperidine rings is 1. The predicted molar refractivity (Wildman–Crippen MR) is 149 cm³/mol. The molecule has 1 amide bonds. The number of likely N-dealkylation sites (tertiary alicyclic amines) is 1. The third-order valence-corrected chi connectivity index (χ3v) is 8.60. The molecule has 0 radical (unpaired) electrons. The molecule has 1 aromatic carbocycles. The van der Waals surface area contributed by atoms with Crippen LogP contribution in [0.5, 0.6) is 0 Å². The van der Waals surface area contributed by atoms with Crippen LogP contribution >= 0.6 is 22.9 Å². The molecule has 0 aliphatic carbocycles. The van der Waals surface area contributed by atoms with E-state index in [9.17, 15) is 4.79 Å². The number of benzene rings is 1. The lowest BCUT2D eigenvalue weighted by molar-refractivity contribution is -0.141. The van der Waals surface area contributed by atoms with Crippen molar-refractivity contribution in [3.05, 3.63) is 58.3 Å². The van der Waals surface area contributed by atoms with E-state index in [1.54, 1.807) is 0 Å². The lowest BCUT2D eigenvalue weighted by atomic mass is 10.0. The number of thiophene rings is 1. The number of halogens is 1. The molecule has 0 bridgehead atoms. The van der Waals surface area contributed by atoms with Crippen molar-refractivity contribution >= 4 is 45.6 Å². The Hall–Kier alpha value is -3.05. The quantitative estimate of drug-likeness (QED) is 0.363. The van der Waals surface area contributed by atoms with Crippen molar-refractivity contribution < 1.29 is 9.32 Å². The van der Waals surface area contributed by atoms with Gasteiger partial charge in [-0.25, -0.2) is 9.97 Å². The van der Waals surface area contributed by atoms with E-state index in [1.807, 2.05) is 41.3 Å². The molecule has 5 heterocycles. The first kappa shape index (κ1) is 25.2. The van der Waals surface area contributed by atoms with Gasteiger partial charge in [0.05, 0.1) is 33.0 Å². The number of hydrogen-bond acceptors (Lipinski definition) is 9. The number of fused-ring (bicyclic) bond motifs is 1. The molecule has 3 aromatic heterocycles. The van der Waals surface area contributed by atoms with E-state index in [2.05, 4.69) is 24.9 Å². The lowest BCUT2D eigenvalue weighted by Gasteiger charge is -2.43. The standard InChI is InChI=1S/C27H30ClN7O2S/c28-25-7-6-24(38-25)23-11-19(32-37-23)13-34-15-20(14-33-8-2-1-3-9-33)35(26(36)16-34)12-18-4-5-21-22(10-18)30-17-31-27(21)29/h4-7,10-11,17,20H,1-3,8-9,12-16H2,(H2,29,30,31). The van der Waals surface area contributed by atoms with E-state index in [0.717, 1.165) is 53.2 Å². The summed E-state index contributed by atoms with van der Waals surface area (Å²) in [5.41, 5.74) is 8.66. The van der Waals surface area contributed by atoms with E-state index in [1.165, 1.54) is 36.9 Å². The van der Waals surface area contributed by atoms with E-state index in [0.29, 0.717) is 35.5 Å². The fraction of sp³-hybridized carbons (Fsp3) is 0.407. The number of aromatic nitrogens is 3. The van der Waals surface area contributed by atoms with Crippen LogP contribution in [-0.4, -0.2) is 74.5 Å². The molecule has 0 saturated carbocycles. The Labute approximate surface area is 230 Å². The van der Waals surface area contributed by atoms with Gasteiger partial charge in [0.15, 0.2) is 5.76 Å². The summed E-state index contributed by atoms with van der Waals surface area (Å²) < 4.78 is 6.29. The Morgan fingerprint density at radius 3 is 2.74 bits per heavy atom. The zero-order valence-corrected chi connectivity index (χ0v) is 22.6. The molecule has 9 nitrogen and oxygen atoms in total. The van der Waals surface area contributed by atoms with Crippen molar-refractivity contribution in [2.24, 2.45) is 0 Å². The normalized spacial score (nSPS) is 19.4. The van der Waals surface area contributed by atoms with Crippen molar-refractivity contribution in [2.45, 2.75) is 38.4 Å². The summed E-state index contributed by atoms with van der Waals surface area (Å²) in [6.45, 7) is 5.25. The monoisotopic (exact) mass is 551 g/mol. The molecule has 6 rings (SSSR count). The van der Waals surface area contributed by atoms with E-state index in [4.69, 9.17) is 21.9 Å². The van der Waals surface area contributed by atoms with Crippen LogP contribution in [0.15, 0.2) is 47.2 Å². The summed E-state index contributed by atoms with van der Waals surface area (Å²) >= 11 is 7.54. The maximum atomic E-state index is 13.6. The van der Waals surface area contributed by atoms with Crippen LogP contribution < -0.4 is 5.73 Å². The summed E-state index contributed by atoms with van der Waals surface area (Å²) in [7, 11) is 0. The SMILES string of the molecule is Nc1ncnc2cc(CN3C(=O)CN(Cc4cc(-c5ccc(Cl)s5)on4)CC3CN3CCCCC3)ccc12. The number of nitrogens with two attached hydrogens (primary N) is 1. The summed E-state index contributed by atoms with van der Waals surface area (Å²) in [5.74, 6) is 1.29. The Morgan fingerprint density at radius 2 is 1.92 bits per heavy atom. The molecular weight excluding hydrogens is 522 g/mol. The molecule has 4 aromatic rings. The number of piperazine rings is 1. The summed E-state index contributed by atoms with van der Waals surface area (Å²) in [6.07, 6.45) is 5.18. The molecule has 11 heteroatoms. The van der Waals surface area contributed by atoms with Crippen molar-refractivity contribution in [1.82, 2.24) is 29.8 Å². The van der Waals surface area contributed by atoms with Gasteiger partial charge in [-0.1, -0.05) is 29.2 Å². The molecule has 2 aliphatic heterocycles. The second kappa shape index (κ2) is 11.0. The molecule has 2 fully saturated rings. The van der Waals surface area contributed by atoms with E-state index in [-0.39, 0.29) is 11.9 Å². The highest BCUT2D eigenvalue weighted by molar-refractivity contribution is 7.19. The predicted octanol–water partition coefficient (Wildman–Crippen LogP) is 4.28. The van der Waals surface area contributed by atoms with Crippen LogP contribution in [0.4, 0.5) is 5.82 Å². The summed E-state index contributed by atoms with van der Waals surface area (Å²) in [4.78, 5) is 29.7. The third kappa shape index (κ3) is 5.54. The number of rotatable bonds is 7. The number of nitrogen functional groups attached to an aromatic ring is 1. The molecule has 2 aliphatic rings. The number of amides is 1. The molecule has 0 spiro atoms. The fourth-order valence-corrected chi connectivity index (χ4v) is 6.47. The van der Waals surface area contributed by atoms with Gasteiger partial charge in [-0.05, 0) is 55.8 Å². The van der Waals surface area contributed by atoms with Crippen molar-refractivity contribution in [3.8, 4) is 10.6 Å². The van der Waals surface area contributed by atoms with Gasteiger partial charge in [-0.3, -0.25) is 9.69 Å². The molecule has 198 valence electrons. The summed E-state index contributed by atoms with van der Waals surface area (Å²) in [5, 5.41) is 5.10. The highest BCUT2D eigenvalue weighted by Crippen LogP contribution is 2.32. The van der Waals surface area contributed by atoms with Crippen molar-refractivity contribution in [1.29, 1.82) is 0 Å².